The van der Waals surface area contributed by atoms with Crippen LogP contribution in [-0.2, 0) is 38.5 Å². The Morgan fingerprint density at radius 1 is 0.969 bits per heavy atom. The number of ketones is 3. The Labute approximate surface area is 380 Å². The van der Waals surface area contributed by atoms with E-state index in [-0.39, 0.29) is 35.1 Å². The molecular formula is C52H68N6O6. The van der Waals surface area contributed by atoms with Gasteiger partial charge in [-0.1, -0.05) is 52.0 Å². The maximum Gasteiger partial charge on any atom is 0.229 e. The molecule has 2 aromatic carbocycles. The lowest BCUT2D eigenvalue weighted by atomic mass is 9.80. The van der Waals surface area contributed by atoms with Crippen LogP contribution in [0.4, 0.5) is 17.2 Å². The van der Waals surface area contributed by atoms with Crippen molar-refractivity contribution in [2.75, 3.05) is 43.0 Å². The second kappa shape index (κ2) is 22.5. The summed E-state index contributed by atoms with van der Waals surface area (Å²) in [4.78, 5) is 65.4. The van der Waals surface area contributed by atoms with Crippen molar-refractivity contribution in [3.8, 4) is 0 Å². The smallest absolute Gasteiger partial charge is 0.229 e. The molecule has 0 saturated carbocycles. The van der Waals surface area contributed by atoms with Gasteiger partial charge in [-0.2, -0.15) is 0 Å². The van der Waals surface area contributed by atoms with Gasteiger partial charge in [0, 0.05) is 85.9 Å². The first-order chi connectivity index (χ1) is 30.6. The molecule has 4 aliphatic heterocycles. The number of ether oxygens (including phenoxy) is 1. The van der Waals surface area contributed by atoms with E-state index in [0.29, 0.717) is 48.2 Å². The number of piperidine rings is 1. The number of pyridine rings is 1. The molecule has 1 aromatic heterocycles. The molecule has 0 spiro atoms. The van der Waals surface area contributed by atoms with E-state index in [4.69, 9.17) is 4.74 Å². The molecule has 12 nitrogen and oxygen atoms in total. The van der Waals surface area contributed by atoms with Gasteiger partial charge in [-0.3, -0.25) is 29.3 Å². The van der Waals surface area contributed by atoms with E-state index in [1.807, 2.05) is 49.5 Å². The van der Waals surface area contributed by atoms with Crippen molar-refractivity contribution in [2.24, 2.45) is 11.3 Å². The quantitative estimate of drug-likeness (QED) is 0.118. The van der Waals surface area contributed by atoms with Crippen molar-refractivity contribution in [3.63, 3.8) is 0 Å². The van der Waals surface area contributed by atoms with Crippen LogP contribution >= 0.6 is 0 Å². The second-order valence-electron chi connectivity index (χ2n) is 17.6. The number of fused-ring (bicyclic) bond motifs is 1. The fourth-order valence-corrected chi connectivity index (χ4v) is 8.96. The lowest BCUT2D eigenvalue weighted by molar-refractivity contribution is -0.135. The number of carbonyl (C=O) groups excluding carboxylic acids is 5. The molecule has 4 aliphatic rings. The first-order valence-corrected chi connectivity index (χ1v) is 22.8. The Bertz CT molecular complexity index is 2280. The second-order valence-corrected chi connectivity index (χ2v) is 17.6. The van der Waals surface area contributed by atoms with Crippen LogP contribution in [0.15, 0.2) is 90.1 Å². The molecule has 64 heavy (non-hydrogen) atoms. The number of morpholine rings is 1. The third-order valence-electron chi connectivity index (χ3n) is 12.7. The molecule has 342 valence electrons. The van der Waals surface area contributed by atoms with E-state index in [1.54, 1.807) is 13.0 Å². The monoisotopic (exact) mass is 873 g/mol. The number of imide groups is 1. The molecule has 2 unspecified atom stereocenters. The van der Waals surface area contributed by atoms with E-state index in [9.17, 15) is 24.0 Å². The van der Waals surface area contributed by atoms with Crippen molar-refractivity contribution in [2.45, 2.75) is 113 Å². The SMILES string of the molecule is C=C1OCCN/C1=C(C)/C(=C\C)N1CCc2cnc(Nc3ccc(CC(C)=O)cc3)cc2C1.CC1CCC(=O)NC1=O.CCCC1(CC)CCN(c2ccc(C(C)=O)c(C(C)=O)c2)C1. The zero-order valence-corrected chi connectivity index (χ0v) is 39.2. The molecule has 2 atom stereocenters. The number of amides is 2. The molecule has 3 aromatic rings. The number of allylic oxidation sites excluding steroid dienone is 2. The number of benzene rings is 2. The van der Waals surface area contributed by atoms with Crippen LogP contribution < -0.4 is 20.9 Å². The Morgan fingerprint density at radius 3 is 2.31 bits per heavy atom. The van der Waals surface area contributed by atoms with Crippen LogP contribution in [0, 0.1) is 11.3 Å². The summed E-state index contributed by atoms with van der Waals surface area (Å²) < 4.78 is 5.65. The number of hydrogen-bond donors (Lipinski definition) is 3. The molecule has 3 N–H and O–H groups in total. The fourth-order valence-electron chi connectivity index (χ4n) is 8.96. The lowest BCUT2D eigenvalue weighted by Gasteiger charge is -2.34. The van der Waals surface area contributed by atoms with Gasteiger partial charge in [-0.25, -0.2) is 4.98 Å². The average Bonchev–Trinajstić information content (AvgIpc) is 3.70. The zero-order chi connectivity index (χ0) is 46.6. The number of anilines is 3. The Balaban J connectivity index is 0.000000212. The zero-order valence-electron chi connectivity index (χ0n) is 39.2. The number of rotatable bonds is 12. The van der Waals surface area contributed by atoms with Crippen LogP contribution in [0.2, 0.25) is 0 Å². The minimum absolute atomic E-state index is 0.0164. The van der Waals surface area contributed by atoms with Crippen LogP contribution in [0.3, 0.4) is 0 Å². The first kappa shape index (κ1) is 49.0. The number of nitrogens with one attached hydrogen (secondary N) is 3. The predicted molar refractivity (Wildman–Crippen MR) is 254 cm³/mol. The largest absolute Gasteiger partial charge is 0.490 e. The number of Topliss-reactive ketones (excluding diaryl/α,β-unsaturated/α-hetero) is 3. The highest BCUT2D eigenvalue weighted by Gasteiger charge is 2.36. The van der Waals surface area contributed by atoms with Crippen molar-refractivity contribution in [3.05, 3.63) is 118 Å². The highest BCUT2D eigenvalue weighted by molar-refractivity contribution is 6.08. The maximum atomic E-state index is 11.9. The minimum atomic E-state index is -0.141. The summed E-state index contributed by atoms with van der Waals surface area (Å²) in [6, 6.07) is 15.8. The summed E-state index contributed by atoms with van der Waals surface area (Å²) in [5.74, 6) is 1.35. The summed E-state index contributed by atoms with van der Waals surface area (Å²) in [6.07, 6.45) is 11.6. The van der Waals surface area contributed by atoms with Gasteiger partial charge < -0.3 is 25.2 Å². The van der Waals surface area contributed by atoms with Gasteiger partial charge >= 0.3 is 0 Å². The summed E-state index contributed by atoms with van der Waals surface area (Å²) in [7, 11) is 0. The number of aromatic nitrogens is 1. The van der Waals surface area contributed by atoms with E-state index in [2.05, 4.69) is 77.2 Å². The Morgan fingerprint density at radius 2 is 1.70 bits per heavy atom. The number of carbonyl (C=O) groups is 5. The van der Waals surface area contributed by atoms with Crippen LogP contribution in [-0.4, -0.2) is 71.8 Å². The Hall–Kier alpha value is -6.04. The van der Waals surface area contributed by atoms with E-state index >= 15 is 0 Å². The maximum absolute atomic E-state index is 11.9. The van der Waals surface area contributed by atoms with Crippen molar-refractivity contribution >= 4 is 46.4 Å². The van der Waals surface area contributed by atoms with Crippen molar-refractivity contribution in [1.29, 1.82) is 0 Å². The highest BCUT2D eigenvalue weighted by atomic mass is 16.5. The van der Waals surface area contributed by atoms with Crippen LogP contribution in [0.5, 0.6) is 0 Å². The van der Waals surface area contributed by atoms with E-state index < -0.39 is 0 Å². The number of nitrogens with zero attached hydrogens (tertiary/aromatic N) is 3. The summed E-state index contributed by atoms with van der Waals surface area (Å²) in [5.41, 5.74) is 10.4. The summed E-state index contributed by atoms with van der Waals surface area (Å²) in [5, 5.41) is 9.09. The lowest BCUT2D eigenvalue weighted by Crippen LogP contribution is -2.39. The normalized spacial score (nSPS) is 20.3. The molecule has 3 fully saturated rings. The standard InChI is InChI=1S/C27H32N4O2.C19H27NO2.C6H9NO2/c1-5-25(19(3)27-20(4)33-13-11-28-27)31-12-10-22-16-29-26(15-23(22)17-31)30-24-8-6-21(7-9-24)14-18(2)32;1-5-9-19(6-2)10-11-20(13-19)16-7-8-17(14(3)21)18(12-16)15(4)22;1-4-2-3-5(8)7-6(4)9/h5-9,15-16,28H,4,10-14,17H2,1-3H3,(H,29,30);7-8,12H,5-6,9-11,13H2,1-4H3;4H,2-3H2,1H3,(H,7,8,9)/b25-5+,27-19+;;. The molecule has 2 amide bonds. The summed E-state index contributed by atoms with van der Waals surface area (Å²) in [6.45, 7) is 24.6. The van der Waals surface area contributed by atoms with Gasteiger partial charge in [0.05, 0.1) is 5.70 Å². The molecule has 0 radical (unpaired) electrons. The molecule has 5 heterocycles. The van der Waals surface area contributed by atoms with Crippen molar-refractivity contribution < 1.29 is 28.7 Å². The van der Waals surface area contributed by atoms with Crippen molar-refractivity contribution in [1.82, 2.24) is 20.5 Å². The molecule has 7 rings (SSSR count). The minimum Gasteiger partial charge on any atom is -0.490 e. The third kappa shape index (κ3) is 12.8. The molecule has 3 saturated heterocycles. The molecular weight excluding hydrogens is 805 g/mol. The van der Waals surface area contributed by atoms with Gasteiger partial charge in [0.2, 0.25) is 11.8 Å². The topological polar surface area (TPSA) is 150 Å². The van der Waals surface area contributed by atoms with E-state index in [0.717, 1.165) is 73.2 Å². The van der Waals surface area contributed by atoms with Crippen LogP contribution in [0.1, 0.15) is 131 Å². The van der Waals surface area contributed by atoms with Gasteiger partial charge in [0.15, 0.2) is 11.6 Å². The van der Waals surface area contributed by atoms with E-state index in [1.165, 1.54) is 56.4 Å². The van der Waals surface area contributed by atoms with Gasteiger partial charge in [-0.05, 0) is 131 Å². The highest BCUT2D eigenvalue weighted by Crippen LogP contribution is 2.40. The van der Waals surface area contributed by atoms with Gasteiger partial charge in [0.1, 0.15) is 24.0 Å². The predicted octanol–water partition coefficient (Wildman–Crippen LogP) is 9.18. The van der Waals surface area contributed by atoms with Crippen LogP contribution in [0.25, 0.3) is 0 Å². The average molecular weight is 873 g/mol. The number of hydrogen-bond acceptors (Lipinski definition) is 11. The third-order valence-corrected chi connectivity index (χ3v) is 12.7. The fraction of sp³-hybridized carbons (Fsp3) is 0.462. The molecule has 12 heteroatoms. The van der Waals surface area contributed by atoms with Gasteiger partial charge in [-0.15, -0.1) is 0 Å². The molecule has 0 bridgehead atoms. The first-order valence-electron chi connectivity index (χ1n) is 22.8. The Kier molecular flexibility index (Phi) is 17.3. The van der Waals surface area contributed by atoms with Gasteiger partial charge in [0.25, 0.3) is 0 Å². The summed E-state index contributed by atoms with van der Waals surface area (Å²) >= 11 is 0. The molecule has 0 aliphatic carbocycles.